The molecule has 0 fully saturated rings. The molecule has 1 amide bonds. The number of carbonyl (C=O) groups excluding carboxylic acids is 2. The predicted octanol–water partition coefficient (Wildman–Crippen LogP) is 3.97. The van der Waals surface area contributed by atoms with Crippen LogP contribution < -0.4 is 4.74 Å². The maximum Gasteiger partial charge on any atom is 0.338 e. The van der Waals surface area contributed by atoms with Crippen LogP contribution in [0.4, 0.5) is 0 Å². The van der Waals surface area contributed by atoms with Gasteiger partial charge in [-0.25, -0.2) is 9.80 Å². The zero-order valence-corrected chi connectivity index (χ0v) is 16.6. The highest BCUT2D eigenvalue weighted by atomic mass is 16.5. The summed E-state index contributed by atoms with van der Waals surface area (Å²) in [6.45, 7) is 3.49. The lowest BCUT2D eigenvalue weighted by Crippen LogP contribution is -2.31. The molecule has 0 N–H and O–H groups in total. The number of amides is 1. The molecule has 31 heavy (non-hydrogen) atoms. The number of nitrogens with zero attached hydrogens (tertiary/aromatic N) is 2. The average Bonchev–Trinajstić information content (AvgIpc) is 3.56. The van der Waals surface area contributed by atoms with Crippen molar-refractivity contribution in [2.45, 2.75) is 12.5 Å². The zero-order valence-electron chi connectivity index (χ0n) is 16.6. The number of ether oxygens (including phenoxy) is 2. The molecule has 1 aliphatic heterocycles. The van der Waals surface area contributed by atoms with Crippen molar-refractivity contribution in [2.75, 3.05) is 13.2 Å². The van der Waals surface area contributed by atoms with Crippen molar-refractivity contribution in [1.29, 1.82) is 0 Å². The molecule has 1 aliphatic rings. The Kier molecular flexibility index (Phi) is 5.98. The molecule has 0 saturated carbocycles. The fourth-order valence-corrected chi connectivity index (χ4v) is 3.15. The van der Waals surface area contributed by atoms with E-state index < -0.39 is 24.5 Å². The van der Waals surface area contributed by atoms with Crippen LogP contribution in [0.15, 0.2) is 87.6 Å². The summed E-state index contributed by atoms with van der Waals surface area (Å²) in [7, 11) is 0. The third-order valence-electron chi connectivity index (χ3n) is 4.63. The molecule has 0 radical (unpaired) electrons. The van der Waals surface area contributed by atoms with E-state index in [9.17, 15) is 9.59 Å². The minimum atomic E-state index is -0.618. The molecule has 0 spiro atoms. The number of rotatable bonds is 8. The van der Waals surface area contributed by atoms with Gasteiger partial charge in [-0.2, -0.15) is 5.10 Å². The van der Waals surface area contributed by atoms with E-state index in [2.05, 4.69) is 11.7 Å². The molecule has 0 aliphatic carbocycles. The lowest BCUT2D eigenvalue weighted by atomic mass is 10.1. The molecule has 2 aromatic heterocycles. The van der Waals surface area contributed by atoms with Gasteiger partial charge in [0.15, 0.2) is 6.61 Å². The second kappa shape index (κ2) is 9.17. The van der Waals surface area contributed by atoms with E-state index >= 15 is 0 Å². The molecule has 0 saturated heterocycles. The number of hydrogen-bond donors (Lipinski definition) is 0. The van der Waals surface area contributed by atoms with Gasteiger partial charge in [-0.1, -0.05) is 12.7 Å². The Labute approximate surface area is 178 Å². The van der Waals surface area contributed by atoms with Gasteiger partial charge in [-0.05, 0) is 48.5 Å². The largest absolute Gasteiger partial charge is 0.490 e. The van der Waals surface area contributed by atoms with Gasteiger partial charge in [-0.15, -0.1) is 0 Å². The number of hydrogen-bond acceptors (Lipinski definition) is 7. The van der Waals surface area contributed by atoms with E-state index in [1.807, 2.05) is 0 Å². The van der Waals surface area contributed by atoms with E-state index in [4.69, 9.17) is 18.3 Å². The highest BCUT2D eigenvalue weighted by Gasteiger charge is 2.36. The fraction of sp³-hybridized carbons (Fsp3) is 0.174. The Morgan fingerprint density at radius 1 is 1.13 bits per heavy atom. The van der Waals surface area contributed by atoms with Crippen molar-refractivity contribution >= 4 is 17.6 Å². The average molecular weight is 420 g/mol. The smallest absolute Gasteiger partial charge is 0.338 e. The second-order valence-corrected chi connectivity index (χ2v) is 6.70. The van der Waals surface area contributed by atoms with E-state index in [1.165, 1.54) is 11.3 Å². The van der Waals surface area contributed by atoms with Gasteiger partial charge >= 0.3 is 5.97 Å². The Morgan fingerprint density at radius 2 is 1.90 bits per heavy atom. The van der Waals surface area contributed by atoms with Crippen LogP contribution in [0.3, 0.4) is 0 Å². The van der Waals surface area contributed by atoms with Crippen molar-refractivity contribution in [3.8, 4) is 5.75 Å². The Balaban J connectivity index is 1.42. The Bertz CT molecular complexity index is 1070. The number of furan rings is 2. The van der Waals surface area contributed by atoms with E-state index in [0.29, 0.717) is 41.6 Å². The van der Waals surface area contributed by atoms with Crippen molar-refractivity contribution in [3.05, 3.63) is 90.8 Å². The van der Waals surface area contributed by atoms with Gasteiger partial charge in [0.2, 0.25) is 0 Å². The highest BCUT2D eigenvalue weighted by Crippen LogP contribution is 2.33. The summed E-state index contributed by atoms with van der Waals surface area (Å²) < 4.78 is 21.5. The number of esters is 1. The molecule has 1 atom stereocenters. The summed E-state index contributed by atoms with van der Waals surface area (Å²) in [6.07, 6.45) is 5.12. The van der Waals surface area contributed by atoms with E-state index in [-0.39, 0.29) is 0 Å². The normalized spacial score (nSPS) is 15.4. The van der Waals surface area contributed by atoms with Crippen LogP contribution in [0, 0.1) is 0 Å². The molecule has 8 heteroatoms. The first-order valence-electron chi connectivity index (χ1n) is 9.63. The first-order valence-corrected chi connectivity index (χ1v) is 9.63. The van der Waals surface area contributed by atoms with Crippen molar-refractivity contribution in [2.24, 2.45) is 5.10 Å². The number of hydrazone groups is 1. The molecule has 3 heterocycles. The molecular weight excluding hydrogens is 400 g/mol. The molecule has 8 nitrogen and oxygen atoms in total. The topological polar surface area (TPSA) is 94.5 Å². The summed E-state index contributed by atoms with van der Waals surface area (Å²) in [5.74, 6) is 0.670. The Morgan fingerprint density at radius 3 is 2.58 bits per heavy atom. The van der Waals surface area contributed by atoms with E-state index in [1.54, 1.807) is 60.9 Å². The molecule has 1 aromatic carbocycles. The van der Waals surface area contributed by atoms with Crippen molar-refractivity contribution < 1.29 is 27.9 Å². The number of carbonyl (C=O) groups is 2. The molecule has 0 unspecified atom stereocenters. The minimum absolute atomic E-state index is 0.308. The van der Waals surface area contributed by atoms with Gasteiger partial charge in [0.25, 0.3) is 5.91 Å². The van der Waals surface area contributed by atoms with E-state index in [0.717, 1.165) is 0 Å². The molecule has 4 rings (SSSR count). The molecule has 3 aromatic rings. The maximum absolute atomic E-state index is 12.8. The third-order valence-corrected chi connectivity index (χ3v) is 4.63. The van der Waals surface area contributed by atoms with Gasteiger partial charge < -0.3 is 18.3 Å². The SMILES string of the molecule is C=CCOc1ccc(C(=O)OCC(=O)N2N=C(c3ccco3)C[C@@H]2c2ccco2)cc1. The second-order valence-electron chi connectivity index (χ2n) is 6.70. The summed E-state index contributed by atoms with van der Waals surface area (Å²) in [6, 6.07) is 13.0. The summed E-state index contributed by atoms with van der Waals surface area (Å²) in [5.41, 5.74) is 0.920. The summed E-state index contributed by atoms with van der Waals surface area (Å²) in [5, 5.41) is 5.66. The standard InChI is InChI=1S/C23H20N2O6/c1-2-11-28-17-9-7-16(8-10-17)23(27)31-15-22(26)25-19(21-6-4-13-30-21)14-18(24-25)20-5-3-12-29-20/h2-10,12-13,19H,1,11,14-15H2/t19-/m1/s1. The monoisotopic (exact) mass is 420 g/mol. The summed E-state index contributed by atoms with van der Waals surface area (Å²) in [4.78, 5) is 25.1. The number of benzene rings is 1. The van der Waals surface area contributed by atoms with Crippen LogP contribution in [0.5, 0.6) is 5.75 Å². The molecule has 158 valence electrons. The van der Waals surface area contributed by atoms with Crippen LogP contribution in [-0.4, -0.2) is 35.8 Å². The lowest BCUT2D eigenvalue weighted by Gasteiger charge is -2.19. The van der Waals surface area contributed by atoms with Crippen molar-refractivity contribution in [1.82, 2.24) is 5.01 Å². The van der Waals surface area contributed by atoms with Crippen LogP contribution in [-0.2, 0) is 9.53 Å². The van der Waals surface area contributed by atoms with Gasteiger partial charge in [-0.3, -0.25) is 4.79 Å². The highest BCUT2D eigenvalue weighted by molar-refractivity contribution is 6.01. The lowest BCUT2D eigenvalue weighted by molar-refractivity contribution is -0.136. The summed E-state index contributed by atoms with van der Waals surface area (Å²) >= 11 is 0. The van der Waals surface area contributed by atoms with Crippen LogP contribution in [0.2, 0.25) is 0 Å². The minimum Gasteiger partial charge on any atom is -0.490 e. The first-order chi connectivity index (χ1) is 15.2. The maximum atomic E-state index is 12.8. The predicted molar refractivity (Wildman–Crippen MR) is 111 cm³/mol. The third kappa shape index (κ3) is 4.58. The zero-order chi connectivity index (χ0) is 21.6. The van der Waals surface area contributed by atoms with Gasteiger partial charge in [0.05, 0.1) is 18.1 Å². The van der Waals surface area contributed by atoms with Crippen LogP contribution >= 0.6 is 0 Å². The van der Waals surface area contributed by atoms with Gasteiger partial charge in [0, 0.05) is 6.42 Å². The van der Waals surface area contributed by atoms with Crippen molar-refractivity contribution in [3.63, 3.8) is 0 Å². The van der Waals surface area contributed by atoms with Crippen LogP contribution in [0.25, 0.3) is 0 Å². The quantitative estimate of drug-likeness (QED) is 0.404. The first kappa shape index (κ1) is 20.2. The molecule has 0 bridgehead atoms. The molecular formula is C23H20N2O6. The Hall–Kier alpha value is -4.07. The van der Waals surface area contributed by atoms with Gasteiger partial charge in [0.1, 0.15) is 35.6 Å². The fourth-order valence-electron chi connectivity index (χ4n) is 3.15. The van der Waals surface area contributed by atoms with Crippen LogP contribution in [0.1, 0.15) is 34.3 Å².